The summed E-state index contributed by atoms with van der Waals surface area (Å²) < 4.78 is 10.7. The van der Waals surface area contributed by atoms with Gasteiger partial charge in [0.25, 0.3) is 5.91 Å². The van der Waals surface area contributed by atoms with Gasteiger partial charge in [0.05, 0.1) is 32.4 Å². The number of β-amino-alcohol motifs (C(OH)–C–C–N with tert-alkyl or cyclic N) is 1. The van der Waals surface area contributed by atoms with E-state index in [-0.39, 0.29) is 25.6 Å². The monoisotopic (exact) mass is 329 g/mol. The van der Waals surface area contributed by atoms with Crippen molar-refractivity contribution >= 4 is 21.8 Å². The van der Waals surface area contributed by atoms with E-state index in [9.17, 15) is 9.90 Å². The van der Waals surface area contributed by atoms with Crippen LogP contribution in [0.3, 0.4) is 0 Å². The third-order valence-electron chi connectivity index (χ3n) is 3.07. The highest BCUT2D eigenvalue weighted by atomic mass is 79.9. The number of methoxy groups -OCH3 is 2. The van der Waals surface area contributed by atoms with Crippen molar-refractivity contribution in [3.63, 3.8) is 0 Å². The first-order valence-corrected chi connectivity index (χ1v) is 6.62. The topological polar surface area (TPSA) is 59.0 Å². The van der Waals surface area contributed by atoms with Gasteiger partial charge in [-0.2, -0.15) is 0 Å². The molecule has 1 saturated heterocycles. The molecule has 0 saturated carbocycles. The summed E-state index contributed by atoms with van der Waals surface area (Å²) in [5.41, 5.74) is -0.394. The molecular formula is C13H16BrNO4. The predicted molar refractivity (Wildman–Crippen MR) is 73.4 cm³/mol. The second-order valence-electron chi connectivity index (χ2n) is 4.66. The minimum atomic E-state index is -0.921. The Bertz CT molecular complexity index is 486. The summed E-state index contributed by atoms with van der Waals surface area (Å²) in [5, 5.41) is 9.99. The zero-order chi connectivity index (χ0) is 14.0. The van der Waals surface area contributed by atoms with Crippen molar-refractivity contribution in [1.29, 1.82) is 0 Å². The third kappa shape index (κ3) is 2.91. The van der Waals surface area contributed by atoms with Crippen molar-refractivity contribution in [2.45, 2.75) is 5.60 Å². The lowest BCUT2D eigenvalue weighted by atomic mass is 9.94. The fourth-order valence-electron chi connectivity index (χ4n) is 2.13. The van der Waals surface area contributed by atoms with Crippen LogP contribution in [0.2, 0.25) is 0 Å². The number of amides is 1. The predicted octanol–water partition coefficient (Wildman–Crippen LogP) is 1.29. The highest BCUT2D eigenvalue weighted by molar-refractivity contribution is 9.10. The highest BCUT2D eigenvalue weighted by Crippen LogP contribution is 2.28. The van der Waals surface area contributed by atoms with Crippen molar-refractivity contribution < 1.29 is 19.4 Å². The quantitative estimate of drug-likeness (QED) is 0.904. The van der Waals surface area contributed by atoms with Crippen LogP contribution in [0.1, 0.15) is 10.4 Å². The van der Waals surface area contributed by atoms with Gasteiger partial charge in [-0.15, -0.1) is 0 Å². The molecule has 0 bridgehead atoms. The van der Waals surface area contributed by atoms with Crippen LogP contribution in [0.15, 0.2) is 22.7 Å². The molecule has 0 atom stereocenters. The number of likely N-dealkylation sites (tertiary alicyclic amines) is 1. The lowest BCUT2D eigenvalue weighted by Gasteiger charge is -2.46. The van der Waals surface area contributed by atoms with E-state index < -0.39 is 5.60 Å². The third-order valence-corrected chi connectivity index (χ3v) is 3.77. The highest BCUT2D eigenvalue weighted by Gasteiger charge is 2.44. The number of benzene rings is 1. The Balaban J connectivity index is 2.10. The van der Waals surface area contributed by atoms with Crippen LogP contribution in [0.4, 0.5) is 0 Å². The largest absolute Gasteiger partial charge is 0.497 e. The van der Waals surface area contributed by atoms with Crippen LogP contribution >= 0.6 is 15.9 Å². The van der Waals surface area contributed by atoms with Crippen LogP contribution < -0.4 is 4.74 Å². The lowest BCUT2D eigenvalue weighted by molar-refractivity contribution is -0.117. The zero-order valence-corrected chi connectivity index (χ0v) is 12.4. The van der Waals surface area contributed by atoms with Gasteiger partial charge in [-0.25, -0.2) is 0 Å². The summed E-state index contributed by atoms with van der Waals surface area (Å²) in [6, 6.07) is 5.23. The van der Waals surface area contributed by atoms with E-state index in [4.69, 9.17) is 9.47 Å². The minimum Gasteiger partial charge on any atom is -0.497 e. The Kier molecular flexibility index (Phi) is 4.13. The number of carbonyl (C=O) groups excluding carboxylic acids is 1. The van der Waals surface area contributed by atoms with E-state index in [1.165, 1.54) is 7.11 Å². The first-order chi connectivity index (χ1) is 8.99. The van der Waals surface area contributed by atoms with Crippen molar-refractivity contribution in [1.82, 2.24) is 4.90 Å². The van der Waals surface area contributed by atoms with E-state index >= 15 is 0 Å². The van der Waals surface area contributed by atoms with E-state index in [1.54, 1.807) is 30.2 Å². The number of hydrogen-bond donors (Lipinski definition) is 1. The average molecular weight is 330 g/mol. The van der Waals surface area contributed by atoms with E-state index in [0.717, 1.165) is 0 Å². The molecule has 1 aliphatic heterocycles. The number of ether oxygens (including phenoxy) is 2. The van der Waals surface area contributed by atoms with Gasteiger partial charge in [0, 0.05) is 11.6 Å². The van der Waals surface area contributed by atoms with Gasteiger partial charge >= 0.3 is 0 Å². The van der Waals surface area contributed by atoms with Gasteiger partial charge in [-0.05, 0) is 34.1 Å². The molecule has 1 aromatic carbocycles. The zero-order valence-electron chi connectivity index (χ0n) is 10.9. The number of aliphatic hydroxyl groups is 1. The molecule has 1 fully saturated rings. The molecule has 0 unspecified atom stereocenters. The molecule has 1 heterocycles. The molecule has 6 heteroatoms. The fourth-order valence-corrected chi connectivity index (χ4v) is 2.55. The molecule has 2 rings (SSSR count). The maximum absolute atomic E-state index is 12.3. The van der Waals surface area contributed by atoms with E-state index in [2.05, 4.69) is 15.9 Å². The Morgan fingerprint density at radius 2 is 2.16 bits per heavy atom. The Labute approximate surface area is 120 Å². The molecule has 19 heavy (non-hydrogen) atoms. The molecule has 1 aromatic rings. The Morgan fingerprint density at radius 3 is 2.74 bits per heavy atom. The standard InChI is InChI=1S/C13H16BrNO4/c1-18-8-13(17)6-15(7-13)12(16)10-5-9(19-2)3-4-11(10)14/h3-5,17H,6-8H2,1-2H3. The van der Waals surface area contributed by atoms with Crippen molar-refractivity contribution in [2.75, 3.05) is 33.9 Å². The van der Waals surface area contributed by atoms with E-state index in [1.807, 2.05) is 0 Å². The molecule has 104 valence electrons. The number of carbonyl (C=O) groups is 1. The summed E-state index contributed by atoms with van der Waals surface area (Å²) in [7, 11) is 3.08. The van der Waals surface area contributed by atoms with Gasteiger partial charge in [-0.1, -0.05) is 0 Å². The first-order valence-electron chi connectivity index (χ1n) is 5.83. The van der Waals surface area contributed by atoms with Crippen molar-refractivity contribution in [2.24, 2.45) is 0 Å². The molecule has 1 aliphatic rings. The minimum absolute atomic E-state index is 0.133. The average Bonchev–Trinajstić information content (AvgIpc) is 2.36. The maximum atomic E-state index is 12.3. The number of rotatable bonds is 4. The summed E-state index contributed by atoms with van der Waals surface area (Å²) in [5.74, 6) is 0.491. The van der Waals surface area contributed by atoms with Gasteiger partial charge in [0.15, 0.2) is 0 Å². The van der Waals surface area contributed by atoms with Gasteiger partial charge in [0.1, 0.15) is 11.4 Å². The molecule has 0 aliphatic carbocycles. The number of halogens is 1. The molecule has 5 nitrogen and oxygen atoms in total. The first kappa shape index (κ1) is 14.3. The Hall–Kier alpha value is -1.11. The van der Waals surface area contributed by atoms with Crippen LogP contribution in [-0.4, -0.2) is 55.4 Å². The van der Waals surface area contributed by atoms with Gasteiger partial charge < -0.3 is 19.5 Å². The molecule has 1 amide bonds. The van der Waals surface area contributed by atoms with Crippen LogP contribution in [0.25, 0.3) is 0 Å². The second-order valence-corrected chi connectivity index (χ2v) is 5.52. The van der Waals surface area contributed by atoms with Crippen molar-refractivity contribution in [3.8, 4) is 5.75 Å². The van der Waals surface area contributed by atoms with Crippen LogP contribution in [-0.2, 0) is 4.74 Å². The fraction of sp³-hybridized carbons (Fsp3) is 0.462. The van der Waals surface area contributed by atoms with Gasteiger partial charge in [0.2, 0.25) is 0 Å². The normalized spacial score (nSPS) is 16.9. The van der Waals surface area contributed by atoms with Crippen molar-refractivity contribution in [3.05, 3.63) is 28.2 Å². The van der Waals surface area contributed by atoms with Crippen LogP contribution in [0, 0.1) is 0 Å². The summed E-state index contributed by atoms with van der Waals surface area (Å²) in [6.07, 6.45) is 0. The SMILES string of the molecule is COCC1(O)CN(C(=O)c2cc(OC)ccc2Br)C1. The molecule has 0 radical (unpaired) electrons. The summed E-state index contributed by atoms with van der Waals surface area (Å²) in [4.78, 5) is 13.9. The van der Waals surface area contributed by atoms with Crippen LogP contribution in [0.5, 0.6) is 5.75 Å². The lowest BCUT2D eigenvalue weighted by Crippen LogP contribution is -2.65. The maximum Gasteiger partial charge on any atom is 0.255 e. The molecule has 1 N–H and O–H groups in total. The smallest absolute Gasteiger partial charge is 0.255 e. The van der Waals surface area contributed by atoms with Gasteiger partial charge in [-0.3, -0.25) is 4.79 Å². The second kappa shape index (κ2) is 5.48. The molecular weight excluding hydrogens is 314 g/mol. The van der Waals surface area contributed by atoms with E-state index in [0.29, 0.717) is 15.8 Å². The molecule has 0 aromatic heterocycles. The summed E-state index contributed by atoms with van der Waals surface area (Å²) in [6.45, 7) is 0.794. The number of hydrogen-bond acceptors (Lipinski definition) is 4. The Morgan fingerprint density at radius 1 is 1.47 bits per heavy atom. The molecule has 0 spiro atoms. The summed E-state index contributed by atoms with van der Waals surface area (Å²) >= 11 is 3.35. The number of nitrogens with zero attached hydrogens (tertiary/aromatic N) is 1.